The van der Waals surface area contributed by atoms with Crippen LogP contribution >= 0.6 is 0 Å². The molecule has 0 aliphatic rings. The van der Waals surface area contributed by atoms with E-state index < -0.39 is 27.5 Å². The summed E-state index contributed by atoms with van der Waals surface area (Å²) in [6.45, 7) is 0. The molecule has 0 bridgehead atoms. The largest absolute Gasteiger partial charge is 0.741 e. The van der Waals surface area contributed by atoms with E-state index in [4.69, 9.17) is 13.0 Å². The summed E-state index contributed by atoms with van der Waals surface area (Å²) < 4.78 is 97.4. The molecule has 112 valence electrons. The van der Waals surface area contributed by atoms with Crippen LogP contribution in [0, 0.1) is 0 Å². The maximum absolute atomic E-state index is 12.0. The van der Waals surface area contributed by atoms with Gasteiger partial charge in [0.2, 0.25) is 0 Å². The fourth-order valence-electron chi connectivity index (χ4n) is 0.834. The van der Waals surface area contributed by atoms with Crippen LogP contribution in [-0.2, 0) is 30.4 Å². The SMILES string of the molecule is Cn1c(C(F)(F)F)cc[n+]1C.O=S(=O)([O-])C(F)(F)F. The van der Waals surface area contributed by atoms with Gasteiger partial charge in [0.05, 0.1) is 7.05 Å². The predicted molar refractivity (Wildman–Crippen MR) is 47.3 cm³/mol. The number of hydrogen-bond acceptors (Lipinski definition) is 3. The van der Waals surface area contributed by atoms with Crippen molar-refractivity contribution in [3.8, 4) is 0 Å². The van der Waals surface area contributed by atoms with Crippen LogP contribution < -0.4 is 4.68 Å². The Kier molecular flexibility index (Phi) is 5.00. The van der Waals surface area contributed by atoms with Crippen molar-refractivity contribution in [2.24, 2.45) is 14.1 Å². The molecule has 1 aromatic heterocycles. The summed E-state index contributed by atoms with van der Waals surface area (Å²) in [5.74, 6) is 0. The minimum Gasteiger partial charge on any atom is -0.741 e. The second kappa shape index (κ2) is 5.36. The molecule has 1 rings (SSSR count). The first-order valence-corrected chi connectivity index (χ1v) is 5.69. The first-order chi connectivity index (χ1) is 8.18. The van der Waals surface area contributed by atoms with Crippen LogP contribution in [0.4, 0.5) is 26.3 Å². The van der Waals surface area contributed by atoms with E-state index in [1.54, 1.807) is 7.05 Å². The zero-order valence-electron chi connectivity index (χ0n) is 9.45. The molecule has 5 nitrogen and oxygen atoms in total. The predicted octanol–water partition coefficient (Wildman–Crippen LogP) is 0.920. The number of aromatic nitrogens is 2. The minimum absolute atomic E-state index is 0.639. The Morgan fingerprint density at radius 1 is 1.21 bits per heavy atom. The van der Waals surface area contributed by atoms with Crippen molar-refractivity contribution in [3.63, 3.8) is 0 Å². The highest BCUT2D eigenvalue weighted by Gasteiger charge is 2.37. The number of halogens is 6. The molecule has 0 amide bonds. The van der Waals surface area contributed by atoms with Crippen molar-refractivity contribution in [2.45, 2.75) is 11.7 Å². The van der Waals surface area contributed by atoms with E-state index in [0.29, 0.717) is 0 Å². The van der Waals surface area contributed by atoms with Crippen molar-refractivity contribution in [3.05, 3.63) is 18.0 Å². The van der Waals surface area contributed by atoms with Gasteiger partial charge in [-0.25, -0.2) is 8.42 Å². The van der Waals surface area contributed by atoms with Crippen LogP contribution in [0.25, 0.3) is 0 Å². The van der Waals surface area contributed by atoms with Gasteiger partial charge in [-0.2, -0.15) is 31.0 Å². The molecule has 0 radical (unpaired) electrons. The second-order valence-corrected chi connectivity index (χ2v) is 4.57. The third-order valence-electron chi connectivity index (χ3n) is 1.84. The monoisotopic (exact) mass is 314 g/mol. The fraction of sp³-hybridized carbons (Fsp3) is 0.571. The zero-order chi connectivity index (χ0) is 15.6. The Hall–Kier alpha value is -1.30. The average molecular weight is 314 g/mol. The van der Waals surface area contributed by atoms with E-state index in [2.05, 4.69) is 0 Å². The van der Waals surface area contributed by atoms with Crippen LogP contribution in [0.5, 0.6) is 0 Å². The molecule has 1 heterocycles. The molecule has 0 saturated heterocycles. The van der Waals surface area contributed by atoms with Gasteiger partial charge < -0.3 is 4.55 Å². The third-order valence-corrected chi connectivity index (χ3v) is 2.41. The van der Waals surface area contributed by atoms with Gasteiger partial charge in [0.1, 0.15) is 0 Å². The highest BCUT2D eigenvalue weighted by atomic mass is 32.2. The normalized spacial score (nSPS) is 12.9. The van der Waals surface area contributed by atoms with Crippen molar-refractivity contribution in [1.82, 2.24) is 4.68 Å². The molecule has 0 unspecified atom stereocenters. The Morgan fingerprint density at radius 2 is 1.58 bits per heavy atom. The smallest absolute Gasteiger partial charge is 0.485 e. The minimum atomic E-state index is -6.09. The molecule has 1 aromatic rings. The van der Waals surface area contributed by atoms with Crippen molar-refractivity contribution >= 4 is 10.1 Å². The average Bonchev–Trinajstić information content (AvgIpc) is 2.43. The molecule has 19 heavy (non-hydrogen) atoms. The lowest BCUT2D eigenvalue weighted by molar-refractivity contribution is -0.752. The van der Waals surface area contributed by atoms with Crippen molar-refractivity contribution < 1.29 is 44.0 Å². The van der Waals surface area contributed by atoms with Gasteiger partial charge in [0, 0.05) is 6.07 Å². The first kappa shape index (κ1) is 17.7. The van der Waals surface area contributed by atoms with E-state index in [1.165, 1.54) is 17.9 Å². The fourth-order valence-corrected chi connectivity index (χ4v) is 0.834. The Morgan fingerprint density at radius 3 is 1.68 bits per heavy atom. The number of rotatable bonds is 0. The van der Waals surface area contributed by atoms with Crippen molar-refractivity contribution in [2.75, 3.05) is 0 Å². The quantitative estimate of drug-likeness (QED) is 0.309. The first-order valence-electron chi connectivity index (χ1n) is 4.29. The summed E-state index contributed by atoms with van der Waals surface area (Å²) in [5.41, 5.74) is -6.28. The molecule has 0 atom stereocenters. The van der Waals surface area contributed by atoms with E-state index in [-0.39, 0.29) is 0 Å². The van der Waals surface area contributed by atoms with Gasteiger partial charge in [0.15, 0.2) is 29.1 Å². The standard InChI is InChI=1S/C6H8F3N2.CHF3O3S/c1-10-4-3-5(11(10)2)6(7,8)9;2-1(3,4)8(5,6)7/h3-4H,1-2H3;(H,5,6,7)/q+1;/p-1. The van der Waals surface area contributed by atoms with Gasteiger partial charge in [-0.05, 0) is 0 Å². The molecule has 0 N–H and O–H groups in total. The van der Waals surface area contributed by atoms with Gasteiger partial charge in [0.25, 0.3) is 0 Å². The number of alkyl halides is 6. The Labute approximate surface area is 103 Å². The van der Waals surface area contributed by atoms with E-state index in [9.17, 15) is 26.3 Å². The summed E-state index contributed by atoms with van der Waals surface area (Å²) in [4.78, 5) is 0. The topological polar surface area (TPSA) is 66.0 Å². The maximum Gasteiger partial charge on any atom is 0.485 e. The van der Waals surface area contributed by atoms with Gasteiger partial charge in [-0.1, -0.05) is 0 Å². The number of aryl methyl sites for hydroxylation is 1. The maximum atomic E-state index is 12.0. The van der Waals surface area contributed by atoms with E-state index in [1.807, 2.05) is 0 Å². The van der Waals surface area contributed by atoms with Crippen LogP contribution in [0.2, 0.25) is 0 Å². The molecular weight excluding hydrogens is 306 g/mol. The molecule has 0 fully saturated rings. The molecular formula is C7H8F6N2O3S. The van der Waals surface area contributed by atoms with Crippen LogP contribution in [0.3, 0.4) is 0 Å². The van der Waals surface area contributed by atoms with Gasteiger partial charge >= 0.3 is 11.7 Å². The molecule has 0 saturated carbocycles. The zero-order valence-corrected chi connectivity index (χ0v) is 10.3. The van der Waals surface area contributed by atoms with E-state index >= 15 is 0 Å². The van der Waals surface area contributed by atoms with Gasteiger partial charge in [-0.15, -0.1) is 4.68 Å². The number of nitrogens with zero attached hydrogens (tertiary/aromatic N) is 2. The van der Waals surface area contributed by atoms with Crippen molar-refractivity contribution in [1.29, 1.82) is 0 Å². The molecule has 0 aliphatic heterocycles. The molecule has 0 spiro atoms. The van der Waals surface area contributed by atoms with Crippen LogP contribution in [0.1, 0.15) is 5.69 Å². The summed E-state index contributed by atoms with van der Waals surface area (Å²) >= 11 is 0. The van der Waals surface area contributed by atoms with Gasteiger partial charge in [-0.3, -0.25) is 0 Å². The molecule has 0 aromatic carbocycles. The van der Waals surface area contributed by atoms with E-state index in [0.717, 1.165) is 10.7 Å². The third kappa shape index (κ3) is 5.06. The Balaban J connectivity index is 0.000000362. The summed E-state index contributed by atoms with van der Waals surface area (Å²) in [6, 6.07) is 1.04. The number of hydrogen-bond donors (Lipinski definition) is 0. The summed E-state index contributed by atoms with van der Waals surface area (Å²) in [7, 11) is -3.18. The molecule has 0 aliphatic carbocycles. The highest BCUT2D eigenvalue weighted by molar-refractivity contribution is 7.86. The second-order valence-electron chi connectivity index (χ2n) is 3.20. The molecule has 12 heteroatoms. The summed E-state index contributed by atoms with van der Waals surface area (Å²) in [6.07, 6.45) is -2.89. The Bertz CT molecular complexity index is 530. The van der Waals surface area contributed by atoms with Crippen LogP contribution in [-0.4, -0.2) is 23.2 Å². The highest BCUT2D eigenvalue weighted by Crippen LogP contribution is 2.27. The lowest BCUT2D eigenvalue weighted by Crippen LogP contribution is -2.38. The summed E-state index contributed by atoms with van der Waals surface area (Å²) in [5, 5.41) is 0. The lowest BCUT2D eigenvalue weighted by atomic mass is 10.4. The van der Waals surface area contributed by atoms with Crippen LogP contribution in [0.15, 0.2) is 12.3 Å². The lowest BCUT2D eigenvalue weighted by Gasteiger charge is -2.08.